The number of aromatic nitrogens is 1. The molecule has 0 atom stereocenters. The third-order valence-corrected chi connectivity index (χ3v) is 4.30. The van der Waals surface area contributed by atoms with Crippen LogP contribution in [0.5, 0.6) is 0 Å². The van der Waals surface area contributed by atoms with Gasteiger partial charge in [-0.1, -0.05) is 6.07 Å². The molecule has 0 aliphatic rings. The van der Waals surface area contributed by atoms with E-state index in [4.69, 9.17) is 0 Å². The average molecular weight is 490 g/mol. The number of unbranched alkanes of at least 4 members (excludes halogenated alkanes) is 1. The topological polar surface area (TPSA) is 64.6 Å². The quantitative estimate of drug-likeness (QED) is 0.181. The highest BCUT2D eigenvalue weighted by molar-refractivity contribution is 14.0. The molecule has 0 aliphatic carbocycles. The molecule has 27 heavy (non-hydrogen) atoms. The number of aliphatic imine (C=N–C) groups is 1. The van der Waals surface area contributed by atoms with Gasteiger partial charge in [-0.2, -0.15) is 0 Å². The van der Waals surface area contributed by atoms with Crippen molar-refractivity contribution in [1.29, 1.82) is 0 Å². The lowest BCUT2D eigenvalue weighted by atomic mass is 10.2. The Bertz CT molecular complexity index is 485. The summed E-state index contributed by atoms with van der Waals surface area (Å²) < 4.78 is 0. The molecular weight excluding hydrogens is 451 g/mol. The van der Waals surface area contributed by atoms with Gasteiger partial charge in [-0.25, -0.2) is 4.98 Å². The molecule has 0 radical (unpaired) electrons. The molecule has 1 rings (SSSR count). The van der Waals surface area contributed by atoms with Crippen LogP contribution in [0.25, 0.3) is 0 Å². The van der Waals surface area contributed by atoms with Crippen molar-refractivity contribution < 1.29 is 0 Å². The van der Waals surface area contributed by atoms with Crippen molar-refractivity contribution in [2.45, 2.75) is 59.0 Å². The number of hydrogen-bond donors (Lipinski definition) is 3. The predicted molar refractivity (Wildman–Crippen MR) is 128 cm³/mol. The number of halogens is 1. The van der Waals surface area contributed by atoms with Crippen molar-refractivity contribution >= 4 is 35.8 Å². The minimum atomic E-state index is 0. The van der Waals surface area contributed by atoms with Crippen LogP contribution < -0.4 is 16.0 Å². The van der Waals surface area contributed by atoms with Gasteiger partial charge >= 0.3 is 0 Å². The highest BCUT2D eigenvalue weighted by Crippen LogP contribution is 2.05. The maximum atomic E-state index is 4.30. The maximum Gasteiger partial charge on any atom is 0.190 e. The number of nitrogens with one attached hydrogen (secondary N) is 3. The van der Waals surface area contributed by atoms with Crippen LogP contribution >= 0.6 is 24.0 Å². The van der Waals surface area contributed by atoms with E-state index >= 15 is 0 Å². The number of pyridine rings is 1. The van der Waals surface area contributed by atoms with Crippen molar-refractivity contribution in [2.24, 2.45) is 4.99 Å². The average Bonchev–Trinajstić information content (AvgIpc) is 2.62. The lowest BCUT2D eigenvalue weighted by Gasteiger charge is -2.30. The maximum absolute atomic E-state index is 4.30. The zero-order valence-electron chi connectivity index (χ0n) is 17.7. The molecule has 6 nitrogen and oxygen atoms in total. The Balaban J connectivity index is 0.00000676. The van der Waals surface area contributed by atoms with Crippen LogP contribution in [0.15, 0.2) is 29.4 Å². The molecule has 0 fully saturated rings. The van der Waals surface area contributed by atoms with Crippen molar-refractivity contribution in [2.75, 3.05) is 38.5 Å². The Morgan fingerprint density at radius 2 is 1.63 bits per heavy atom. The van der Waals surface area contributed by atoms with Crippen LogP contribution in [-0.4, -0.2) is 61.2 Å². The van der Waals surface area contributed by atoms with Gasteiger partial charge in [0.25, 0.3) is 0 Å². The molecule has 0 amide bonds. The van der Waals surface area contributed by atoms with E-state index in [0.717, 1.165) is 57.2 Å². The number of guanidine groups is 1. The summed E-state index contributed by atoms with van der Waals surface area (Å²) in [4.78, 5) is 11.1. The van der Waals surface area contributed by atoms with E-state index in [0.29, 0.717) is 12.1 Å². The molecular formula is C20H39IN6. The van der Waals surface area contributed by atoms with Crippen LogP contribution in [0.3, 0.4) is 0 Å². The summed E-state index contributed by atoms with van der Waals surface area (Å²) in [6, 6.07) is 7.09. The molecule has 0 saturated heterocycles. The van der Waals surface area contributed by atoms with E-state index in [-0.39, 0.29) is 24.0 Å². The smallest absolute Gasteiger partial charge is 0.190 e. The van der Waals surface area contributed by atoms with E-state index in [1.54, 1.807) is 6.20 Å². The SMILES string of the molecule is CN=C(NCCCCNc1ccccn1)NCCCN(C(C)C)C(C)C.I. The summed E-state index contributed by atoms with van der Waals surface area (Å²) in [7, 11) is 1.83. The van der Waals surface area contributed by atoms with Crippen LogP contribution in [-0.2, 0) is 0 Å². The first-order valence-electron chi connectivity index (χ1n) is 9.89. The van der Waals surface area contributed by atoms with Crippen LogP contribution in [0.2, 0.25) is 0 Å². The predicted octanol–water partition coefficient (Wildman–Crippen LogP) is 3.57. The highest BCUT2D eigenvalue weighted by Gasteiger charge is 2.12. The molecule has 0 bridgehead atoms. The van der Waals surface area contributed by atoms with E-state index in [1.807, 2.05) is 25.2 Å². The first-order chi connectivity index (χ1) is 12.5. The fourth-order valence-electron chi connectivity index (χ4n) is 2.94. The normalized spacial score (nSPS) is 11.6. The molecule has 1 heterocycles. The Morgan fingerprint density at radius 1 is 1.00 bits per heavy atom. The summed E-state index contributed by atoms with van der Waals surface area (Å²) in [5.74, 6) is 1.83. The van der Waals surface area contributed by atoms with E-state index in [9.17, 15) is 0 Å². The zero-order valence-corrected chi connectivity index (χ0v) is 20.0. The summed E-state index contributed by atoms with van der Waals surface area (Å²) >= 11 is 0. The zero-order chi connectivity index (χ0) is 19.2. The standard InChI is InChI=1S/C20H38N6.HI/c1-17(2)26(18(3)4)16-10-15-25-20(21-5)24-14-9-8-13-23-19-11-6-7-12-22-19;/h6-7,11-12,17-18H,8-10,13-16H2,1-5H3,(H,22,23)(H2,21,24,25);1H. The summed E-state index contributed by atoms with van der Waals surface area (Å²) in [5.41, 5.74) is 0. The van der Waals surface area contributed by atoms with Gasteiger partial charge in [-0.3, -0.25) is 9.89 Å². The molecule has 0 spiro atoms. The van der Waals surface area contributed by atoms with Crippen molar-refractivity contribution in [3.63, 3.8) is 0 Å². The number of hydrogen-bond acceptors (Lipinski definition) is 4. The second-order valence-electron chi connectivity index (χ2n) is 7.05. The highest BCUT2D eigenvalue weighted by atomic mass is 127. The molecule has 1 aromatic rings. The van der Waals surface area contributed by atoms with Crippen LogP contribution in [0, 0.1) is 0 Å². The number of rotatable bonds is 12. The first-order valence-corrected chi connectivity index (χ1v) is 9.89. The lowest BCUT2D eigenvalue weighted by molar-refractivity contribution is 0.173. The van der Waals surface area contributed by atoms with Crippen molar-refractivity contribution in [3.05, 3.63) is 24.4 Å². The molecule has 156 valence electrons. The largest absolute Gasteiger partial charge is 0.370 e. The Kier molecular flexibility index (Phi) is 15.3. The molecule has 0 aromatic carbocycles. The summed E-state index contributed by atoms with van der Waals surface area (Å²) in [6.45, 7) is 13.0. The molecule has 0 aliphatic heterocycles. The fraction of sp³-hybridized carbons (Fsp3) is 0.700. The summed E-state index contributed by atoms with van der Waals surface area (Å²) in [6.07, 6.45) is 5.11. The van der Waals surface area contributed by atoms with Crippen LogP contribution in [0.1, 0.15) is 47.0 Å². The minimum Gasteiger partial charge on any atom is -0.370 e. The van der Waals surface area contributed by atoms with E-state index in [1.165, 1.54) is 0 Å². The second-order valence-corrected chi connectivity index (χ2v) is 7.05. The van der Waals surface area contributed by atoms with E-state index < -0.39 is 0 Å². The van der Waals surface area contributed by atoms with Gasteiger partial charge in [0.05, 0.1) is 0 Å². The lowest BCUT2D eigenvalue weighted by Crippen LogP contribution is -2.41. The molecule has 1 aromatic heterocycles. The van der Waals surface area contributed by atoms with Gasteiger partial charge in [-0.05, 0) is 59.1 Å². The monoisotopic (exact) mass is 490 g/mol. The molecule has 0 unspecified atom stereocenters. The fourth-order valence-corrected chi connectivity index (χ4v) is 2.94. The van der Waals surface area contributed by atoms with Gasteiger partial charge in [0.15, 0.2) is 5.96 Å². The van der Waals surface area contributed by atoms with Gasteiger partial charge in [0.1, 0.15) is 5.82 Å². The van der Waals surface area contributed by atoms with Gasteiger partial charge < -0.3 is 16.0 Å². The van der Waals surface area contributed by atoms with Crippen molar-refractivity contribution in [3.8, 4) is 0 Å². The van der Waals surface area contributed by atoms with Gasteiger partial charge in [0, 0.05) is 51.5 Å². The third kappa shape index (κ3) is 12.1. The Morgan fingerprint density at radius 3 is 2.19 bits per heavy atom. The Labute approximate surface area is 183 Å². The second kappa shape index (κ2) is 15.9. The third-order valence-electron chi connectivity index (χ3n) is 4.30. The van der Waals surface area contributed by atoms with E-state index in [2.05, 4.69) is 58.5 Å². The first kappa shape index (κ1) is 25.9. The minimum absolute atomic E-state index is 0. The molecule has 3 N–H and O–H groups in total. The summed E-state index contributed by atoms with van der Waals surface area (Å²) in [5, 5.41) is 10.1. The van der Waals surface area contributed by atoms with Gasteiger partial charge in [-0.15, -0.1) is 24.0 Å². The van der Waals surface area contributed by atoms with Gasteiger partial charge in [0.2, 0.25) is 0 Å². The van der Waals surface area contributed by atoms with Crippen molar-refractivity contribution in [1.82, 2.24) is 20.5 Å². The molecule has 0 saturated carbocycles. The van der Waals surface area contributed by atoms with Crippen LogP contribution in [0.4, 0.5) is 5.82 Å². The number of nitrogens with zero attached hydrogens (tertiary/aromatic N) is 3. The molecule has 7 heteroatoms. The Hall–Kier alpha value is -1.09. The number of anilines is 1.